The van der Waals surface area contributed by atoms with E-state index in [9.17, 15) is 14.4 Å². The van der Waals surface area contributed by atoms with Gasteiger partial charge in [0, 0.05) is 31.6 Å². The minimum absolute atomic E-state index is 0.114. The van der Waals surface area contributed by atoms with Crippen molar-refractivity contribution in [1.82, 2.24) is 14.9 Å². The van der Waals surface area contributed by atoms with E-state index in [0.717, 1.165) is 24.8 Å². The molecule has 1 aromatic heterocycles. The van der Waals surface area contributed by atoms with Crippen LogP contribution in [0, 0.1) is 5.92 Å². The SMILES string of the molecule is O=C(CCc1ccccc1)C1CCCN(C(=O)c2c[nH]c(=O)[nH]2)C1. The molecule has 1 saturated heterocycles. The molecule has 24 heavy (non-hydrogen) atoms. The van der Waals surface area contributed by atoms with Gasteiger partial charge in [0.1, 0.15) is 11.5 Å². The lowest BCUT2D eigenvalue weighted by Crippen LogP contribution is -2.42. The number of likely N-dealkylation sites (tertiary alicyclic amines) is 1. The van der Waals surface area contributed by atoms with Gasteiger partial charge in [-0.05, 0) is 24.8 Å². The number of benzene rings is 1. The zero-order valence-electron chi connectivity index (χ0n) is 13.5. The molecule has 1 aliphatic heterocycles. The molecule has 6 nitrogen and oxygen atoms in total. The number of carbonyl (C=O) groups excluding carboxylic acids is 2. The number of aryl methyl sites for hydroxylation is 1. The van der Waals surface area contributed by atoms with Crippen molar-refractivity contribution >= 4 is 11.7 Å². The van der Waals surface area contributed by atoms with Crippen LogP contribution in [0.15, 0.2) is 41.3 Å². The van der Waals surface area contributed by atoms with Crippen LogP contribution >= 0.6 is 0 Å². The van der Waals surface area contributed by atoms with Crippen LogP contribution in [-0.4, -0.2) is 39.6 Å². The number of imidazole rings is 1. The monoisotopic (exact) mass is 327 g/mol. The van der Waals surface area contributed by atoms with E-state index in [0.29, 0.717) is 19.5 Å². The van der Waals surface area contributed by atoms with Crippen LogP contribution in [0.4, 0.5) is 0 Å². The predicted octanol–water partition coefficient (Wildman–Crippen LogP) is 1.76. The third-order valence-electron chi connectivity index (χ3n) is 4.49. The number of aromatic nitrogens is 2. The fourth-order valence-electron chi connectivity index (χ4n) is 3.16. The van der Waals surface area contributed by atoms with E-state index in [1.54, 1.807) is 4.90 Å². The van der Waals surface area contributed by atoms with Gasteiger partial charge >= 0.3 is 5.69 Å². The van der Waals surface area contributed by atoms with E-state index in [2.05, 4.69) is 9.97 Å². The Hall–Kier alpha value is -2.63. The van der Waals surface area contributed by atoms with E-state index in [1.807, 2.05) is 30.3 Å². The van der Waals surface area contributed by atoms with Crippen LogP contribution in [0.1, 0.15) is 35.3 Å². The van der Waals surface area contributed by atoms with E-state index in [1.165, 1.54) is 6.20 Å². The normalized spacial score (nSPS) is 17.7. The standard InChI is InChI=1S/C18H21N3O3/c22-16(9-8-13-5-2-1-3-6-13)14-7-4-10-21(12-14)17(23)15-11-19-18(24)20-15/h1-3,5-6,11,14H,4,7-10,12H2,(H2,19,20,24). The van der Waals surface area contributed by atoms with Crippen molar-refractivity contribution < 1.29 is 9.59 Å². The van der Waals surface area contributed by atoms with Crippen LogP contribution in [0.2, 0.25) is 0 Å². The van der Waals surface area contributed by atoms with Crippen molar-refractivity contribution in [3.05, 3.63) is 58.3 Å². The van der Waals surface area contributed by atoms with Crippen molar-refractivity contribution in [3.63, 3.8) is 0 Å². The Morgan fingerprint density at radius 2 is 2.00 bits per heavy atom. The summed E-state index contributed by atoms with van der Waals surface area (Å²) in [5, 5.41) is 0. The molecule has 6 heteroatoms. The lowest BCUT2D eigenvalue weighted by Gasteiger charge is -2.31. The molecular formula is C18H21N3O3. The van der Waals surface area contributed by atoms with Crippen LogP contribution in [0.25, 0.3) is 0 Å². The highest BCUT2D eigenvalue weighted by Gasteiger charge is 2.29. The molecule has 2 aromatic rings. The molecule has 0 saturated carbocycles. The number of aromatic amines is 2. The Labute approximate surface area is 139 Å². The minimum atomic E-state index is -0.397. The molecule has 1 amide bonds. The maximum absolute atomic E-state index is 12.5. The highest BCUT2D eigenvalue weighted by atomic mass is 16.2. The summed E-state index contributed by atoms with van der Waals surface area (Å²) in [5.74, 6) is -0.134. The van der Waals surface area contributed by atoms with Gasteiger partial charge in [0.15, 0.2) is 0 Å². The first kappa shape index (κ1) is 16.2. The number of rotatable bonds is 5. The number of nitrogens with one attached hydrogen (secondary N) is 2. The lowest BCUT2D eigenvalue weighted by atomic mass is 9.90. The van der Waals surface area contributed by atoms with Gasteiger partial charge in [0.25, 0.3) is 5.91 Å². The summed E-state index contributed by atoms with van der Waals surface area (Å²) in [4.78, 5) is 42.6. The first-order valence-electron chi connectivity index (χ1n) is 8.27. The molecule has 1 aliphatic rings. The van der Waals surface area contributed by atoms with E-state index in [-0.39, 0.29) is 23.3 Å². The molecule has 1 unspecified atom stereocenters. The first-order valence-corrected chi connectivity index (χ1v) is 8.27. The average Bonchev–Trinajstić information content (AvgIpc) is 3.06. The number of carbonyl (C=O) groups is 2. The van der Waals surface area contributed by atoms with Gasteiger partial charge in [-0.3, -0.25) is 9.59 Å². The minimum Gasteiger partial charge on any atom is -0.337 e. The molecule has 1 atom stereocenters. The smallest absolute Gasteiger partial charge is 0.323 e. The Morgan fingerprint density at radius 1 is 1.21 bits per heavy atom. The second-order valence-electron chi connectivity index (χ2n) is 6.20. The van der Waals surface area contributed by atoms with Gasteiger partial charge in [-0.15, -0.1) is 0 Å². The largest absolute Gasteiger partial charge is 0.337 e. The predicted molar refractivity (Wildman–Crippen MR) is 89.8 cm³/mol. The molecule has 126 valence electrons. The van der Waals surface area contributed by atoms with Crippen molar-refractivity contribution in [2.45, 2.75) is 25.7 Å². The summed E-state index contributed by atoms with van der Waals surface area (Å²) in [6.45, 7) is 1.05. The third-order valence-corrected chi connectivity index (χ3v) is 4.49. The van der Waals surface area contributed by atoms with Crippen LogP contribution in [0.5, 0.6) is 0 Å². The number of ketones is 1. The fourth-order valence-corrected chi connectivity index (χ4v) is 3.16. The second kappa shape index (κ2) is 7.29. The third kappa shape index (κ3) is 3.82. The molecule has 0 bridgehead atoms. The molecule has 2 heterocycles. The Kier molecular flexibility index (Phi) is 4.93. The fraction of sp³-hybridized carbons (Fsp3) is 0.389. The number of H-pyrrole nitrogens is 2. The van der Waals surface area contributed by atoms with E-state index in [4.69, 9.17) is 0 Å². The van der Waals surface area contributed by atoms with Gasteiger partial charge in [0.2, 0.25) is 0 Å². The lowest BCUT2D eigenvalue weighted by molar-refractivity contribution is -0.124. The average molecular weight is 327 g/mol. The topological polar surface area (TPSA) is 86.0 Å². The van der Waals surface area contributed by atoms with Crippen molar-refractivity contribution in [1.29, 1.82) is 0 Å². The Balaban J connectivity index is 1.57. The zero-order chi connectivity index (χ0) is 16.9. The summed E-state index contributed by atoms with van der Waals surface area (Å²) in [6, 6.07) is 9.94. The maximum Gasteiger partial charge on any atom is 0.323 e. The number of piperidine rings is 1. The first-order chi connectivity index (χ1) is 11.6. The summed E-state index contributed by atoms with van der Waals surface area (Å²) in [5.41, 5.74) is 1.00. The van der Waals surface area contributed by atoms with Crippen molar-refractivity contribution in [2.24, 2.45) is 5.92 Å². The van der Waals surface area contributed by atoms with Crippen LogP contribution < -0.4 is 5.69 Å². The molecule has 1 fully saturated rings. The molecule has 0 aliphatic carbocycles. The number of Topliss-reactive ketones (excluding diaryl/α,β-unsaturated/α-hetero) is 1. The Morgan fingerprint density at radius 3 is 2.71 bits per heavy atom. The highest BCUT2D eigenvalue weighted by Crippen LogP contribution is 2.20. The number of nitrogens with zero attached hydrogens (tertiary/aromatic N) is 1. The molecular weight excluding hydrogens is 306 g/mol. The van der Waals surface area contributed by atoms with Gasteiger partial charge in [-0.2, -0.15) is 0 Å². The molecule has 0 radical (unpaired) electrons. The van der Waals surface area contributed by atoms with Crippen molar-refractivity contribution in [3.8, 4) is 0 Å². The van der Waals surface area contributed by atoms with Gasteiger partial charge in [-0.25, -0.2) is 4.79 Å². The zero-order valence-corrected chi connectivity index (χ0v) is 13.5. The highest BCUT2D eigenvalue weighted by molar-refractivity contribution is 5.92. The Bertz CT molecular complexity index is 763. The molecule has 1 aromatic carbocycles. The van der Waals surface area contributed by atoms with E-state index < -0.39 is 5.69 Å². The quantitative estimate of drug-likeness (QED) is 0.877. The summed E-state index contributed by atoms with van der Waals surface area (Å²) in [7, 11) is 0. The molecule has 3 rings (SSSR count). The molecule has 2 N–H and O–H groups in total. The van der Waals surface area contributed by atoms with Crippen LogP contribution in [0.3, 0.4) is 0 Å². The van der Waals surface area contributed by atoms with Gasteiger partial charge in [0.05, 0.1) is 0 Å². The van der Waals surface area contributed by atoms with Gasteiger partial charge in [-0.1, -0.05) is 30.3 Å². The number of hydrogen-bond donors (Lipinski definition) is 2. The summed E-state index contributed by atoms with van der Waals surface area (Å²) in [6.07, 6.45) is 4.24. The second-order valence-corrected chi connectivity index (χ2v) is 6.20. The van der Waals surface area contributed by atoms with Crippen molar-refractivity contribution in [2.75, 3.05) is 13.1 Å². The summed E-state index contributed by atoms with van der Waals surface area (Å²) < 4.78 is 0. The maximum atomic E-state index is 12.5. The van der Waals surface area contributed by atoms with E-state index >= 15 is 0 Å². The van der Waals surface area contributed by atoms with Gasteiger partial charge < -0.3 is 14.9 Å². The summed E-state index contributed by atoms with van der Waals surface area (Å²) >= 11 is 0. The van der Waals surface area contributed by atoms with Crippen LogP contribution in [-0.2, 0) is 11.2 Å². The number of hydrogen-bond acceptors (Lipinski definition) is 3. The number of amides is 1. The molecule has 0 spiro atoms.